The number of aromatic nitrogens is 2. The van der Waals surface area contributed by atoms with E-state index in [1.165, 1.54) is 6.20 Å². The number of rotatable bonds is 2. The molecule has 16 heavy (non-hydrogen) atoms. The molecule has 0 aliphatic rings. The second-order valence-corrected chi connectivity index (χ2v) is 3.41. The van der Waals surface area contributed by atoms with Gasteiger partial charge >= 0.3 is 0 Å². The van der Waals surface area contributed by atoms with Crippen LogP contribution in [0.15, 0.2) is 42.9 Å². The molecule has 2 rings (SSSR count). The van der Waals surface area contributed by atoms with Crippen LogP contribution in [0.2, 0.25) is 0 Å². The number of nitrogens with one attached hydrogen (secondary N) is 1. The fourth-order valence-corrected chi connectivity index (χ4v) is 1.29. The topological polar surface area (TPSA) is 54.9 Å². The molecular formula is C12H11N3O. The fourth-order valence-electron chi connectivity index (χ4n) is 1.29. The zero-order valence-corrected chi connectivity index (χ0v) is 8.84. The van der Waals surface area contributed by atoms with Gasteiger partial charge in [-0.05, 0) is 36.8 Å². The molecule has 4 heteroatoms. The lowest BCUT2D eigenvalue weighted by Gasteiger charge is -2.04. The fraction of sp³-hybridized carbons (Fsp3) is 0.0833. The molecule has 2 aromatic rings. The van der Waals surface area contributed by atoms with Crippen molar-refractivity contribution in [2.75, 3.05) is 5.32 Å². The van der Waals surface area contributed by atoms with Gasteiger partial charge < -0.3 is 5.32 Å². The molecule has 0 aliphatic heterocycles. The van der Waals surface area contributed by atoms with Gasteiger partial charge in [0, 0.05) is 18.6 Å². The van der Waals surface area contributed by atoms with Crippen LogP contribution in [0.25, 0.3) is 0 Å². The third-order valence-electron chi connectivity index (χ3n) is 2.08. The van der Waals surface area contributed by atoms with Crippen LogP contribution in [0.5, 0.6) is 0 Å². The van der Waals surface area contributed by atoms with Gasteiger partial charge in [-0.3, -0.25) is 9.78 Å². The van der Waals surface area contributed by atoms with E-state index in [1.807, 2.05) is 19.1 Å². The van der Waals surface area contributed by atoms with Crippen LogP contribution >= 0.6 is 0 Å². The van der Waals surface area contributed by atoms with Crippen molar-refractivity contribution in [3.8, 4) is 0 Å². The summed E-state index contributed by atoms with van der Waals surface area (Å²) in [5.41, 5.74) is 1.57. The van der Waals surface area contributed by atoms with Gasteiger partial charge in [0.15, 0.2) is 0 Å². The van der Waals surface area contributed by atoms with Crippen molar-refractivity contribution >= 4 is 11.7 Å². The van der Waals surface area contributed by atoms with E-state index in [0.29, 0.717) is 11.4 Å². The van der Waals surface area contributed by atoms with Gasteiger partial charge in [0.1, 0.15) is 5.82 Å². The van der Waals surface area contributed by atoms with Crippen molar-refractivity contribution < 1.29 is 4.79 Å². The SMILES string of the molecule is Cc1ccnc(NC(=O)c2cccnc2)c1. The Morgan fingerprint density at radius 3 is 2.88 bits per heavy atom. The first kappa shape index (κ1) is 10.3. The maximum Gasteiger partial charge on any atom is 0.258 e. The number of hydrogen-bond donors (Lipinski definition) is 1. The van der Waals surface area contributed by atoms with Crippen LogP contribution in [0.1, 0.15) is 15.9 Å². The minimum atomic E-state index is -0.203. The molecule has 80 valence electrons. The molecule has 1 amide bonds. The van der Waals surface area contributed by atoms with Gasteiger partial charge in [-0.1, -0.05) is 0 Å². The van der Waals surface area contributed by atoms with E-state index < -0.39 is 0 Å². The Balaban J connectivity index is 2.14. The minimum absolute atomic E-state index is 0.203. The number of pyridine rings is 2. The van der Waals surface area contributed by atoms with Crippen LogP contribution in [0.3, 0.4) is 0 Å². The quantitative estimate of drug-likeness (QED) is 0.830. The highest BCUT2D eigenvalue weighted by molar-refractivity contribution is 6.03. The Kier molecular flexibility index (Phi) is 2.91. The highest BCUT2D eigenvalue weighted by atomic mass is 16.1. The third kappa shape index (κ3) is 2.42. The Morgan fingerprint density at radius 1 is 1.31 bits per heavy atom. The van der Waals surface area contributed by atoms with Gasteiger partial charge in [0.25, 0.3) is 5.91 Å². The molecule has 0 atom stereocenters. The number of carbonyl (C=O) groups is 1. The molecule has 0 spiro atoms. The van der Waals surface area contributed by atoms with Crippen molar-refractivity contribution in [3.63, 3.8) is 0 Å². The molecule has 0 aromatic carbocycles. The second kappa shape index (κ2) is 4.53. The number of carbonyl (C=O) groups excluding carboxylic acids is 1. The molecule has 1 N–H and O–H groups in total. The zero-order chi connectivity index (χ0) is 11.4. The average molecular weight is 213 g/mol. The van der Waals surface area contributed by atoms with Gasteiger partial charge in [-0.2, -0.15) is 0 Å². The van der Waals surface area contributed by atoms with Crippen molar-refractivity contribution in [1.82, 2.24) is 9.97 Å². The van der Waals surface area contributed by atoms with E-state index in [-0.39, 0.29) is 5.91 Å². The van der Waals surface area contributed by atoms with E-state index in [9.17, 15) is 4.79 Å². The van der Waals surface area contributed by atoms with E-state index in [1.54, 1.807) is 24.5 Å². The third-order valence-corrected chi connectivity index (χ3v) is 2.08. The summed E-state index contributed by atoms with van der Waals surface area (Å²) in [4.78, 5) is 19.7. The lowest BCUT2D eigenvalue weighted by atomic mass is 10.2. The van der Waals surface area contributed by atoms with Crippen molar-refractivity contribution in [1.29, 1.82) is 0 Å². The minimum Gasteiger partial charge on any atom is -0.307 e. The lowest BCUT2D eigenvalue weighted by molar-refractivity contribution is 0.102. The average Bonchev–Trinajstić information content (AvgIpc) is 2.30. The van der Waals surface area contributed by atoms with Crippen LogP contribution in [0.4, 0.5) is 5.82 Å². The molecule has 0 aliphatic carbocycles. The van der Waals surface area contributed by atoms with Crippen molar-refractivity contribution in [3.05, 3.63) is 54.0 Å². The summed E-state index contributed by atoms with van der Waals surface area (Å²) in [6, 6.07) is 7.12. The smallest absolute Gasteiger partial charge is 0.258 e. The van der Waals surface area contributed by atoms with Crippen LogP contribution in [-0.4, -0.2) is 15.9 Å². The molecule has 4 nitrogen and oxygen atoms in total. The van der Waals surface area contributed by atoms with E-state index in [0.717, 1.165) is 5.56 Å². The standard InChI is InChI=1S/C12H11N3O/c1-9-4-6-14-11(7-9)15-12(16)10-3-2-5-13-8-10/h2-8H,1H3,(H,14,15,16). The predicted molar refractivity (Wildman–Crippen MR) is 61.2 cm³/mol. The largest absolute Gasteiger partial charge is 0.307 e. The summed E-state index contributed by atoms with van der Waals surface area (Å²) in [5.74, 6) is 0.347. The van der Waals surface area contributed by atoms with E-state index in [4.69, 9.17) is 0 Å². The highest BCUT2D eigenvalue weighted by Crippen LogP contribution is 2.07. The first-order valence-electron chi connectivity index (χ1n) is 4.90. The molecule has 0 unspecified atom stereocenters. The Bertz CT molecular complexity index is 497. The number of hydrogen-bond acceptors (Lipinski definition) is 3. The molecule has 0 fully saturated rings. The summed E-state index contributed by atoms with van der Waals surface area (Å²) in [5, 5.41) is 2.71. The summed E-state index contributed by atoms with van der Waals surface area (Å²) in [7, 11) is 0. The maximum atomic E-state index is 11.7. The Labute approximate surface area is 93.4 Å². The highest BCUT2D eigenvalue weighted by Gasteiger charge is 2.05. The first-order chi connectivity index (χ1) is 7.75. The summed E-state index contributed by atoms with van der Waals surface area (Å²) in [6.07, 6.45) is 4.81. The molecule has 0 radical (unpaired) electrons. The van der Waals surface area contributed by atoms with Gasteiger partial charge in [0.05, 0.1) is 5.56 Å². The van der Waals surface area contributed by atoms with Crippen LogP contribution in [0, 0.1) is 6.92 Å². The zero-order valence-electron chi connectivity index (χ0n) is 8.84. The van der Waals surface area contributed by atoms with Gasteiger partial charge in [0.2, 0.25) is 0 Å². The van der Waals surface area contributed by atoms with Gasteiger partial charge in [-0.15, -0.1) is 0 Å². The monoisotopic (exact) mass is 213 g/mol. The molecule has 2 aromatic heterocycles. The summed E-state index contributed by atoms with van der Waals surface area (Å²) in [6.45, 7) is 1.95. The second-order valence-electron chi connectivity index (χ2n) is 3.41. The molecule has 0 saturated heterocycles. The normalized spacial score (nSPS) is 9.81. The maximum absolute atomic E-state index is 11.7. The van der Waals surface area contributed by atoms with Crippen molar-refractivity contribution in [2.24, 2.45) is 0 Å². The molecular weight excluding hydrogens is 202 g/mol. The van der Waals surface area contributed by atoms with Crippen molar-refractivity contribution in [2.45, 2.75) is 6.92 Å². The summed E-state index contributed by atoms with van der Waals surface area (Å²) < 4.78 is 0. The van der Waals surface area contributed by atoms with E-state index in [2.05, 4.69) is 15.3 Å². The Hall–Kier alpha value is -2.23. The number of anilines is 1. The number of amides is 1. The molecule has 2 heterocycles. The Morgan fingerprint density at radius 2 is 2.19 bits per heavy atom. The number of nitrogens with zero attached hydrogens (tertiary/aromatic N) is 2. The predicted octanol–water partition coefficient (Wildman–Crippen LogP) is 2.04. The first-order valence-corrected chi connectivity index (χ1v) is 4.90. The van der Waals surface area contributed by atoms with E-state index >= 15 is 0 Å². The lowest BCUT2D eigenvalue weighted by Crippen LogP contribution is -2.13. The van der Waals surface area contributed by atoms with Gasteiger partial charge in [-0.25, -0.2) is 4.98 Å². The van der Waals surface area contributed by atoms with Crippen LogP contribution < -0.4 is 5.32 Å². The molecule has 0 saturated carbocycles. The molecule has 0 bridgehead atoms. The number of aryl methyl sites for hydroxylation is 1. The van der Waals surface area contributed by atoms with Crippen LogP contribution in [-0.2, 0) is 0 Å². The summed E-state index contributed by atoms with van der Waals surface area (Å²) >= 11 is 0.